The first kappa shape index (κ1) is 16.2. The average Bonchev–Trinajstić information content (AvgIpc) is 3.21. The van der Waals surface area contributed by atoms with Crippen molar-refractivity contribution < 1.29 is 9.47 Å². The van der Waals surface area contributed by atoms with Crippen LogP contribution >= 0.6 is 0 Å². The highest BCUT2D eigenvalue weighted by Gasteiger charge is 2.37. The molecule has 27 heavy (non-hydrogen) atoms. The number of fused-ring (bicyclic) bond motifs is 2. The number of benzene rings is 3. The van der Waals surface area contributed by atoms with Crippen LogP contribution in [-0.2, 0) is 18.3 Å². The number of rotatable bonds is 3. The third kappa shape index (κ3) is 2.56. The Balaban J connectivity index is 1.74. The van der Waals surface area contributed by atoms with Crippen molar-refractivity contribution in [3.8, 4) is 11.5 Å². The van der Waals surface area contributed by atoms with E-state index in [0.717, 1.165) is 30.9 Å². The van der Waals surface area contributed by atoms with Crippen LogP contribution in [0.4, 0.5) is 0 Å². The summed E-state index contributed by atoms with van der Waals surface area (Å²) >= 11 is 0. The van der Waals surface area contributed by atoms with E-state index in [-0.39, 0.29) is 5.41 Å². The molecule has 1 aliphatic carbocycles. The summed E-state index contributed by atoms with van der Waals surface area (Å²) < 4.78 is 11.5. The molecule has 0 amide bonds. The Morgan fingerprint density at radius 1 is 0.926 bits per heavy atom. The van der Waals surface area contributed by atoms with Crippen LogP contribution in [-0.4, -0.2) is 13.7 Å². The molecule has 2 aliphatic rings. The standard InChI is InChI=1S/C25H22O2/c1-26-24-9-5-4-8-22(24)25(14-12-18-6-2-3-7-20(18)17-25)21-10-11-23-19(16-21)13-15-27-23/h2-12,14,16H,13,15,17H2,1H3. The number of hydrogen-bond acceptors (Lipinski definition) is 2. The van der Waals surface area contributed by atoms with E-state index in [1.807, 2.05) is 6.07 Å². The van der Waals surface area contributed by atoms with Crippen LogP contribution in [0.1, 0.15) is 27.8 Å². The lowest BCUT2D eigenvalue weighted by atomic mass is 9.67. The zero-order chi connectivity index (χ0) is 18.3. The van der Waals surface area contributed by atoms with Gasteiger partial charge < -0.3 is 9.47 Å². The lowest BCUT2D eigenvalue weighted by Crippen LogP contribution is -2.31. The Morgan fingerprint density at radius 3 is 2.70 bits per heavy atom. The van der Waals surface area contributed by atoms with Crippen molar-refractivity contribution in [1.29, 1.82) is 0 Å². The van der Waals surface area contributed by atoms with Crippen molar-refractivity contribution in [2.45, 2.75) is 18.3 Å². The number of allylic oxidation sites excluding steroid dienone is 1. The fourth-order valence-electron chi connectivity index (χ4n) is 4.47. The van der Waals surface area contributed by atoms with Gasteiger partial charge in [0.05, 0.1) is 13.7 Å². The van der Waals surface area contributed by atoms with Crippen molar-refractivity contribution in [2.24, 2.45) is 0 Å². The fraction of sp³-hybridized carbons (Fsp3) is 0.200. The Morgan fingerprint density at radius 2 is 1.78 bits per heavy atom. The molecule has 1 aliphatic heterocycles. The van der Waals surface area contributed by atoms with Crippen molar-refractivity contribution in [3.05, 3.63) is 101 Å². The van der Waals surface area contributed by atoms with E-state index >= 15 is 0 Å². The summed E-state index contributed by atoms with van der Waals surface area (Å²) in [6.45, 7) is 0.777. The zero-order valence-corrected chi connectivity index (χ0v) is 15.4. The monoisotopic (exact) mass is 354 g/mol. The first-order valence-corrected chi connectivity index (χ1v) is 9.47. The van der Waals surface area contributed by atoms with Gasteiger partial charge >= 0.3 is 0 Å². The highest BCUT2D eigenvalue weighted by molar-refractivity contribution is 5.66. The van der Waals surface area contributed by atoms with Crippen LogP contribution in [0, 0.1) is 0 Å². The average molecular weight is 354 g/mol. The van der Waals surface area contributed by atoms with Gasteiger partial charge in [-0.1, -0.05) is 66.7 Å². The van der Waals surface area contributed by atoms with Crippen LogP contribution in [0.25, 0.3) is 6.08 Å². The minimum Gasteiger partial charge on any atom is -0.496 e. The zero-order valence-electron chi connectivity index (χ0n) is 15.4. The molecule has 2 heteroatoms. The van der Waals surface area contributed by atoms with E-state index < -0.39 is 0 Å². The smallest absolute Gasteiger partial charge is 0.123 e. The topological polar surface area (TPSA) is 18.5 Å². The molecule has 0 fully saturated rings. The molecule has 134 valence electrons. The number of para-hydroxylation sites is 1. The third-order valence-electron chi connectivity index (χ3n) is 5.86. The Labute approximate surface area is 160 Å². The summed E-state index contributed by atoms with van der Waals surface area (Å²) in [5.74, 6) is 1.95. The molecule has 2 nitrogen and oxygen atoms in total. The molecular weight excluding hydrogens is 332 g/mol. The quantitative estimate of drug-likeness (QED) is 0.645. The van der Waals surface area contributed by atoms with Crippen LogP contribution in [0.2, 0.25) is 0 Å². The predicted molar refractivity (Wildman–Crippen MR) is 109 cm³/mol. The Hall–Kier alpha value is -3.00. The molecule has 0 N–H and O–H groups in total. The number of methoxy groups -OCH3 is 1. The summed E-state index contributed by atoms with van der Waals surface area (Å²) in [5.41, 5.74) is 6.21. The summed E-state index contributed by atoms with van der Waals surface area (Å²) in [5, 5.41) is 0. The summed E-state index contributed by atoms with van der Waals surface area (Å²) in [7, 11) is 1.75. The molecule has 5 rings (SSSR count). The molecular formula is C25H22O2. The van der Waals surface area contributed by atoms with Gasteiger partial charge in [-0.05, 0) is 40.8 Å². The van der Waals surface area contributed by atoms with Crippen LogP contribution in [0.5, 0.6) is 11.5 Å². The molecule has 1 heterocycles. The Bertz CT molecular complexity index is 1030. The van der Waals surface area contributed by atoms with E-state index in [1.54, 1.807) is 7.11 Å². The molecule has 0 bridgehead atoms. The van der Waals surface area contributed by atoms with Gasteiger partial charge in [-0.15, -0.1) is 0 Å². The number of hydrogen-bond donors (Lipinski definition) is 0. The second-order valence-electron chi connectivity index (χ2n) is 7.30. The second-order valence-corrected chi connectivity index (χ2v) is 7.30. The molecule has 1 unspecified atom stereocenters. The largest absolute Gasteiger partial charge is 0.496 e. The fourth-order valence-corrected chi connectivity index (χ4v) is 4.47. The highest BCUT2D eigenvalue weighted by Crippen LogP contribution is 2.46. The third-order valence-corrected chi connectivity index (χ3v) is 5.86. The molecule has 3 aromatic rings. The maximum absolute atomic E-state index is 5.77. The molecule has 0 radical (unpaired) electrons. The van der Waals surface area contributed by atoms with E-state index in [9.17, 15) is 0 Å². The van der Waals surface area contributed by atoms with Crippen LogP contribution in [0.15, 0.2) is 72.8 Å². The first-order valence-electron chi connectivity index (χ1n) is 9.47. The summed E-state index contributed by atoms with van der Waals surface area (Å²) in [6, 6.07) is 23.7. The summed E-state index contributed by atoms with van der Waals surface area (Å²) in [4.78, 5) is 0. The lowest BCUT2D eigenvalue weighted by Gasteiger charge is -2.36. The van der Waals surface area contributed by atoms with E-state index in [4.69, 9.17) is 9.47 Å². The maximum Gasteiger partial charge on any atom is 0.123 e. The molecule has 3 aromatic carbocycles. The molecule has 0 saturated carbocycles. The van der Waals surface area contributed by atoms with Gasteiger partial charge in [0.1, 0.15) is 11.5 Å². The van der Waals surface area contributed by atoms with Crippen LogP contribution in [0.3, 0.4) is 0 Å². The first-order chi connectivity index (χ1) is 13.3. The van der Waals surface area contributed by atoms with E-state index in [2.05, 4.69) is 72.8 Å². The van der Waals surface area contributed by atoms with Gasteiger partial charge in [-0.25, -0.2) is 0 Å². The van der Waals surface area contributed by atoms with Gasteiger partial charge in [-0.3, -0.25) is 0 Å². The normalized spacial score (nSPS) is 19.9. The molecule has 0 saturated heterocycles. The van der Waals surface area contributed by atoms with Gasteiger partial charge in [0.2, 0.25) is 0 Å². The van der Waals surface area contributed by atoms with Crippen molar-refractivity contribution in [2.75, 3.05) is 13.7 Å². The van der Waals surface area contributed by atoms with Crippen molar-refractivity contribution in [1.82, 2.24) is 0 Å². The summed E-state index contributed by atoms with van der Waals surface area (Å²) in [6.07, 6.45) is 6.50. The van der Waals surface area contributed by atoms with Gasteiger partial charge in [0.25, 0.3) is 0 Å². The van der Waals surface area contributed by atoms with E-state index in [0.29, 0.717) is 0 Å². The van der Waals surface area contributed by atoms with Crippen LogP contribution < -0.4 is 9.47 Å². The SMILES string of the molecule is COc1ccccc1C1(c2ccc3c(c2)CCO3)C=Cc2ccccc2C1. The van der Waals surface area contributed by atoms with E-state index in [1.165, 1.54) is 27.8 Å². The highest BCUT2D eigenvalue weighted by atomic mass is 16.5. The van der Waals surface area contributed by atoms with Crippen molar-refractivity contribution >= 4 is 6.08 Å². The predicted octanol–water partition coefficient (Wildman–Crippen LogP) is 5.19. The van der Waals surface area contributed by atoms with Gasteiger partial charge in [0.15, 0.2) is 0 Å². The van der Waals surface area contributed by atoms with Crippen molar-refractivity contribution in [3.63, 3.8) is 0 Å². The molecule has 0 spiro atoms. The van der Waals surface area contributed by atoms with Gasteiger partial charge in [-0.2, -0.15) is 0 Å². The minimum absolute atomic E-state index is 0.251. The molecule has 1 atom stereocenters. The van der Waals surface area contributed by atoms with Gasteiger partial charge in [0, 0.05) is 17.4 Å². The molecule has 0 aromatic heterocycles. The number of ether oxygens (including phenoxy) is 2. The minimum atomic E-state index is -0.251. The second kappa shape index (κ2) is 6.31. The maximum atomic E-state index is 5.77. The lowest BCUT2D eigenvalue weighted by molar-refractivity contribution is 0.356. The Kier molecular flexibility index (Phi) is 3.78.